The number of hydrogen-bond donors (Lipinski definition) is 0. The summed E-state index contributed by atoms with van der Waals surface area (Å²) in [6, 6.07) is 9.72. The van der Waals surface area contributed by atoms with Crippen LogP contribution in [-0.4, -0.2) is 39.2 Å². The lowest BCUT2D eigenvalue weighted by atomic mass is 10.1. The minimum Gasteiger partial charge on any atom is -0.455 e. The average Bonchev–Trinajstić information content (AvgIpc) is 2.82. The van der Waals surface area contributed by atoms with E-state index in [1.54, 1.807) is 0 Å². The van der Waals surface area contributed by atoms with E-state index in [1.807, 2.05) is 30.3 Å². The summed E-state index contributed by atoms with van der Waals surface area (Å²) in [6.45, 7) is 11.0. The van der Waals surface area contributed by atoms with Crippen molar-refractivity contribution in [3.8, 4) is 0 Å². The van der Waals surface area contributed by atoms with Crippen molar-refractivity contribution < 1.29 is 23.4 Å². The lowest BCUT2D eigenvalue weighted by Crippen LogP contribution is -2.51. The van der Waals surface area contributed by atoms with Gasteiger partial charge in [-0.25, -0.2) is 4.79 Å². The molecule has 1 aromatic carbocycles. The normalized spacial score (nSPS) is 30.8. The van der Waals surface area contributed by atoms with Gasteiger partial charge in [-0.3, -0.25) is 0 Å². The first-order valence-electron chi connectivity index (χ1n) is 8.39. The quantitative estimate of drug-likeness (QED) is 0.618. The van der Waals surface area contributed by atoms with Gasteiger partial charge in [0.2, 0.25) is 0 Å². The molecule has 24 heavy (non-hydrogen) atoms. The van der Waals surface area contributed by atoms with Crippen LogP contribution in [0.1, 0.15) is 32.6 Å². The van der Waals surface area contributed by atoms with Crippen molar-refractivity contribution in [3.63, 3.8) is 0 Å². The number of hydrogen-bond acceptors (Lipinski definition) is 5. The Morgan fingerprint density at radius 1 is 1.17 bits per heavy atom. The van der Waals surface area contributed by atoms with Crippen LogP contribution in [0.4, 0.5) is 0 Å². The molecule has 2 saturated heterocycles. The van der Waals surface area contributed by atoms with Crippen molar-refractivity contribution in [2.24, 2.45) is 0 Å². The Labute approximate surface area is 144 Å². The molecule has 0 amide bonds. The third-order valence-corrected chi connectivity index (χ3v) is 9.61. The summed E-state index contributed by atoms with van der Waals surface area (Å²) in [4.78, 5) is 12.3. The van der Waals surface area contributed by atoms with E-state index in [1.165, 1.54) is 0 Å². The Bertz CT molecular complexity index is 595. The average molecular weight is 350 g/mol. The van der Waals surface area contributed by atoms with Gasteiger partial charge in [-0.15, -0.1) is 0 Å². The Balaban J connectivity index is 1.77. The number of carbonyl (C=O) groups is 1. The summed E-state index contributed by atoms with van der Waals surface area (Å²) in [5, 5.41) is 0.00929. The molecule has 0 aromatic heterocycles. The molecule has 5 nitrogen and oxygen atoms in total. The molecule has 2 heterocycles. The van der Waals surface area contributed by atoms with E-state index in [-0.39, 0.29) is 11.0 Å². The molecule has 1 aromatic rings. The van der Waals surface area contributed by atoms with E-state index in [2.05, 4.69) is 33.9 Å². The first kappa shape index (κ1) is 17.6. The highest BCUT2D eigenvalue weighted by molar-refractivity contribution is 6.74. The molecule has 4 atom stereocenters. The maximum absolute atomic E-state index is 12.3. The largest absolute Gasteiger partial charge is 0.455 e. The zero-order valence-electron chi connectivity index (χ0n) is 14.9. The highest BCUT2D eigenvalue weighted by Crippen LogP contribution is 2.41. The number of fused-ring (bicyclic) bond motifs is 1. The van der Waals surface area contributed by atoms with Crippen molar-refractivity contribution in [1.29, 1.82) is 0 Å². The van der Waals surface area contributed by atoms with Crippen LogP contribution >= 0.6 is 0 Å². The SMILES string of the molecule is CC(C)(C)[Si](C)(C)O[C@H]1C(=O)O[C@H]2COC(c3ccccc3)O[C@H]21. The van der Waals surface area contributed by atoms with E-state index in [4.69, 9.17) is 18.6 Å². The number of carbonyl (C=O) groups excluding carboxylic acids is 1. The third-order valence-electron chi connectivity index (χ3n) is 5.16. The van der Waals surface area contributed by atoms with Crippen LogP contribution in [0.15, 0.2) is 30.3 Å². The van der Waals surface area contributed by atoms with Crippen LogP contribution in [0, 0.1) is 0 Å². The van der Waals surface area contributed by atoms with Gasteiger partial charge in [-0.1, -0.05) is 51.1 Å². The van der Waals surface area contributed by atoms with Crippen LogP contribution in [0.2, 0.25) is 18.1 Å². The van der Waals surface area contributed by atoms with Crippen molar-refractivity contribution in [3.05, 3.63) is 35.9 Å². The van der Waals surface area contributed by atoms with Gasteiger partial charge in [0.1, 0.15) is 6.10 Å². The highest BCUT2D eigenvalue weighted by Gasteiger charge is 2.53. The van der Waals surface area contributed by atoms with Crippen molar-refractivity contribution in [1.82, 2.24) is 0 Å². The lowest BCUT2D eigenvalue weighted by Gasteiger charge is -2.39. The zero-order valence-corrected chi connectivity index (χ0v) is 15.9. The van der Waals surface area contributed by atoms with Gasteiger partial charge < -0.3 is 18.6 Å². The first-order valence-corrected chi connectivity index (χ1v) is 11.3. The molecule has 2 aliphatic rings. The lowest BCUT2D eigenvalue weighted by molar-refractivity contribution is -0.251. The molecule has 0 aliphatic carbocycles. The van der Waals surface area contributed by atoms with E-state index in [0.29, 0.717) is 6.61 Å². The fraction of sp³-hybridized carbons (Fsp3) is 0.611. The van der Waals surface area contributed by atoms with Gasteiger partial charge in [0.05, 0.1) is 6.61 Å². The Kier molecular flexibility index (Phi) is 4.59. The number of esters is 1. The Morgan fingerprint density at radius 2 is 1.83 bits per heavy atom. The predicted octanol–water partition coefficient (Wildman–Crippen LogP) is 3.42. The van der Waals surface area contributed by atoms with Crippen LogP contribution in [0.5, 0.6) is 0 Å². The number of benzene rings is 1. The smallest absolute Gasteiger partial charge is 0.337 e. The van der Waals surface area contributed by atoms with Gasteiger partial charge >= 0.3 is 5.97 Å². The summed E-state index contributed by atoms with van der Waals surface area (Å²) < 4.78 is 23.5. The van der Waals surface area contributed by atoms with Crippen LogP contribution < -0.4 is 0 Å². The summed E-state index contributed by atoms with van der Waals surface area (Å²) in [6.07, 6.45) is -1.99. The summed E-state index contributed by atoms with van der Waals surface area (Å²) in [5.41, 5.74) is 0.932. The van der Waals surface area contributed by atoms with Crippen LogP contribution in [0.25, 0.3) is 0 Å². The molecule has 132 valence electrons. The molecule has 0 saturated carbocycles. The first-order chi connectivity index (χ1) is 11.2. The molecule has 6 heteroatoms. The molecule has 0 bridgehead atoms. The zero-order chi connectivity index (χ0) is 17.5. The van der Waals surface area contributed by atoms with E-state index >= 15 is 0 Å². The van der Waals surface area contributed by atoms with Gasteiger partial charge in [0.25, 0.3) is 0 Å². The van der Waals surface area contributed by atoms with E-state index in [9.17, 15) is 4.79 Å². The van der Waals surface area contributed by atoms with Gasteiger partial charge in [0.15, 0.2) is 26.8 Å². The topological polar surface area (TPSA) is 54.0 Å². The Morgan fingerprint density at radius 3 is 2.46 bits per heavy atom. The maximum Gasteiger partial charge on any atom is 0.337 e. The van der Waals surface area contributed by atoms with Crippen molar-refractivity contribution >= 4 is 14.3 Å². The second-order valence-electron chi connectivity index (χ2n) is 7.95. The minimum absolute atomic E-state index is 0.00929. The maximum atomic E-state index is 12.3. The van der Waals surface area contributed by atoms with E-state index < -0.39 is 32.9 Å². The molecular formula is C18H26O5Si. The molecule has 2 aliphatic heterocycles. The number of rotatable bonds is 3. The van der Waals surface area contributed by atoms with Crippen LogP contribution in [-0.2, 0) is 23.4 Å². The Hall–Kier alpha value is -1.21. The van der Waals surface area contributed by atoms with Crippen molar-refractivity contribution in [2.45, 2.75) is 63.5 Å². The minimum atomic E-state index is -2.11. The monoisotopic (exact) mass is 350 g/mol. The second kappa shape index (κ2) is 6.26. The van der Waals surface area contributed by atoms with Crippen LogP contribution in [0.3, 0.4) is 0 Å². The molecule has 0 N–H and O–H groups in total. The fourth-order valence-corrected chi connectivity index (χ4v) is 3.88. The molecule has 0 spiro atoms. The van der Waals surface area contributed by atoms with Gasteiger partial charge in [-0.05, 0) is 18.1 Å². The standard InChI is InChI=1S/C18H26O5Si/c1-18(2,3)24(4,5)23-15-14-13(21-16(15)19)11-20-17(22-14)12-9-7-6-8-10-12/h6-10,13-15,17H,11H2,1-5H3/t13-,14+,15+,17?/m0/s1. The second-order valence-corrected chi connectivity index (χ2v) is 12.7. The summed E-state index contributed by atoms with van der Waals surface area (Å²) in [7, 11) is -2.11. The molecular weight excluding hydrogens is 324 g/mol. The summed E-state index contributed by atoms with van der Waals surface area (Å²) in [5.74, 6) is -0.341. The molecule has 3 rings (SSSR count). The molecule has 1 unspecified atom stereocenters. The van der Waals surface area contributed by atoms with E-state index in [0.717, 1.165) is 5.56 Å². The predicted molar refractivity (Wildman–Crippen MR) is 92.0 cm³/mol. The molecule has 0 radical (unpaired) electrons. The van der Waals surface area contributed by atoms with Gasteiger partial charge in [-0.2, -0.15) is 0 Å². The summed E-state index contributed by atoms with van der Waals surface area (Å²) >= 11 is 0. The fourth-order valence-electron chi connectivity index (χ4n) is 2.66. The van der Waals surface area contributed by atoms with Crippen molar-refractivity contribution in [2.75, 3.05) is 6.61 Å². The molecule has 2 fully saturated rings. The highest BCUT2D eigenvalue weighted by atomic mass is 28.4. The van der Waals surface area contributed by atoms with Gasteiger partial charge in [0, 0.05) is 5.56 Å². The number of ether oxygens (including phenoxy) is 3. The third kappa shape index (κ3) is 3.28.